The molecule has 6 N–H and O–H groups in total. The number of rotatable bonds is 62. The lowest BCUT2D eigenvalue weighted by Crippen LogP contribution is -2.60. The Morgan fingerprint density at radius 3 is 1.25 bits per heavy atom. The van der Waals surface area contributed by atoms with Crippen LogP contribution in [0.3, 0.4) is 0 Å². The van der Waals surface area contributed by atoms with Gasteiger partial charge in [0, 0.05) is 12.8 Å². The van der Waals surface area contributed by atoms with Gasteiger partial charge in [-0.3, -0.25) is 9.59 Å². The van der Waals surface area contributed by atoms with Crippen LogP contribution in [0.25, 0.3) is 0 Å². The van der Waals surface area contributed by atoms with Gasteiger partial charge in [0.2, 0.25) is 5.91 Å². The minimum atomic E-state index is -1.57. The second-order valence-corrected chi connectivity index (χ2v) is 24.6. The van der Waals surface area contributed by atoms with Gasteiger partial charge in [-0.2, -0.15) is 0 Å². The summed E-state index contributed by atoms with van der Waals surface area (Å²) in [4.78, 5) is 25.1. The Bertz CT molecular complexity index is 1520. The highest BCUT2D eigenvalue weighted by atomic mass is 16.7. The largest absolute Gasteiger partial charge is 0.466 e. The van der Waals surface area contributed by atoms with Crippen molar-refractivity contribution in [2.24, 2.45) is 0 Å². The van der Waals surface area contributed by atoms with Crippen molar-refractivity contribution in [3.05, 3.63) is 48.6 Å². The molecule has 0 aromatic heterocycles. The van der Waals surface area contributed by atoms with Gasteiger partial charge < -0.3 is 45.1 Å². The zero-order chi connectivity index (χ0) is 60.2. The van der Waals surface area contributed by atoms with Gasteiger partial charge in [0.1, 0.15) is 24.4 Å². The van der Waals surface area contributed by atoms with Crippen molar-refractivity contribution in [2.45, 2.75) is 378 Å². The third-order valence-corrected chi connectivity index (χ3v) is 16.7. The minimum Gasteiger partial charge on any atom is -0.466 e. The first-order chi connectivity index (χ1) is 40.7. The summed E-state index contributed by atoms with van der Waals surface area (Å²) in [6.07, 6.45) is 69.7. The minimum absolute atomic E-state index is 0.00176. The summed E-state index contributed by atoms with van der Waals surface area (Å²) in [6, 6.07) is -0.810. The van der Waals surface area contributed by atoms with E-state index in [0.29, 0.717) is 19.4 Å². The molecule has 0 radical (unpaired) electrons. The molecule has 0 spiro atoms. The fraction of sp³-hybridized carbons (Fsp3) is 0.861. The van der Waals surface area contributed by atoms with E-state index in [-0.39, 0.29) is 18.5 Å². The highest BCUT2D eigenvalue weighted by Crippen LogP contribution is 2.23. The first kappa shape index (κ1) is 78.6. The molecular weight excluding hydrogens is 1040 g/mol. The summed E-state index contributed by atoms with van der Waals surface area (Å²) in [7, 11) is 0. The van der Waals surface area contributed by atoms with Gasteiger partial charge in [0.25, 0.3) is 0 Å². The summed E-state index contributed by atoms with van der Waals surface area (Å²) < 4.78 is 16.7. The normalized spacial score (nSPS) is 18.4. The molecule has 1 saturated heterocycles. The number of allylic oxidation sites excluding steroid dienone is 7. The lowest BCUT2D eigenvalue weighted by molar-refractivity contribution is -0.302. The zero-order valence-electron chi connectivity index (χ0n) is 53.9. The molecule has 1 aliphatic rings. The van der Waals surface area contributed by atoms with Crippen LogP contribution < -0.4 is 5.32 Å². The van der Waals surface area contributed by atoms with E-state index in [1.807, 2.05) is 6.08 Å². The van der Waals surface area contributed by atoms with Crippen molar-refractivity contribution >= 4 is 11.9 Å². The van der Waals surface area contributed by atoms with Crippen LogP contribution in [0.5, 0.6) is 0 Å². The molecule has 1 heterocycles. The highest BCUT2D eigenvalue weighted by molar-refractivity contribution is 5.76. The number of aliphatic hydroxyl groups is 5. The molecule has 0 aromatic carbocycles. The molecule has 0 aliphatic carbocycles. The molecule has 11 heteroatoms. The second-order valence-electron chi connectivity index (χ2n) is 24.6. The summed E-state index contributed by atoms with van der Waals surface area (Å²) in [5.74, 6) is -0.182. The molecule has 0 saturated carbocycles. The standard InChI is InChI=1S/C72H133NO10/c1-3-5-7-9-11-13-14-15-16-17-27-31-34-37-40-44-48-52-56-60-68(77)81-61-57-53-49-45-41-38-35-32-29-26-24-22-20-18-19-21-23-25-28-30-33-36-39-43-47-51-55-59-67(76)73-64(65(75)58-54-50-46-42-12-10-8-6-4-2)63-82-72-71(80)70(79)69(78)66(62-74)83-72/h11,13,15-16,18-19,54,58,64-66,69-72,74-75,78-80H,3-10,12,14,17,20-53,55-57,59-63H2,1-2H3,(H,73,76)/b13-11-,16-15-,19-18-,58-54+. The van der Waals surface area contributed by atoms with E-state index < -0.39 is 49.5 Å². The number of nitrogens with one attached hydrogen (secondary N) is 1. The number of hydrogen-bond donors (Lipinski definition) is 6. The maximum atomic E-state index is 13.0. The molecule has 1 rings (SSSR count). The Labute approximate surface area is 510 Å². The van der Waals surface area contributed by atoms with Crippen molar-refractivity contribution < 1.29 is 49.3 Å². The molecule has 1 fully saturated rings. The van der Waals surface area contributed by atoms with Crippen molar-refractivity contribution in [1.82, 2.24) is 5.32 Å². The Morgan fingerprint density at radius 2 is 0.807 bits per heavy atom. The van der Waals surface area contributed by atoms with E-state index in [1.54, 1.807) is 6.08 Å². The first-order valence-electron chi connectivity index (χ1n) is 35.4. The number of unbranched alkanes of at least 4 members (excludes halogenated alkanes) is 42. The summed E-state index contributed by atoms with van der Waals surface area (Å²) >= 11 is 0. The van der Waals surface area contributed by atoms with Gasteiger partial charge in [-0.05, 0) is 89.9 Å². The van der Waals surface area contributed by atoms with Crippen LogP contribution in [0.4, 0.5) is 0 Å². The zero-order valence-corrected chi connectivity index (χ0v) is 53.9. The average molecular weight is 1170 g/mol. The average Bonchev–Trinajstić information content (AvgIpc) is 3.54. The fourth-order valence-electron chi connectivity index (χ4n) is 11.0. The molecule has 11 nitrogen and oxygen atoms in total. The molecule has 1 aliphatic heterocycles. The van der Waals surface area contributed by atoms with Gasteiger partial charge in [0.05, 0.1) is 32.0 Å². The summed E-state index contributed by atoms with van der Waals surface area (Å²) in [5.41, 5.74) is 0. The van der Waals surface area contributed by atoms with Gasteiger partial charge in [-0.25, -0.2) is 0 Å². The van der Waals surface area contributed by atoms with E-state index in [9.17, 15) is 35.1 Å². The molecule has 7 atom stereocenters. The van der Waals surface area contributed by atoms with Crippen molar-refractivity contribution in [3.8, 4) is 0 Å². The lowest BCUT2D eigenvalue weighted by atomic mass is 9.99. The smallest absolute Gasteiger partial charge is 0.305 e. The van der Waals surface area contributed by atoms with Crippen LogP contribution in [-0.4, -0.2) is 100 Å². The quantitative estimate of drug-likeness (QED) is 0.0195. The van der Waals surface area contributed by atoms with Crippen LogP contribution in [0.15, 0.2) is 48.6 Å². The fourth-order valence-corrected chi connectivity index (χ4v) is 11.0. The van der Waals surface area contributed by atoms with E-state index in [1.165, 1.54) is 244 Å². The van der Waals surface area contributed by atoms with Crippen LogP contribution in [0.1, 0.15) is 335 Å². The second kappa shape index (κ2) is 61.3. The third-order valence-electron chi connectivity index (χ3n) is 16.7. The summed E-state index contributed by atoms with van der Waals surface area (Å²) in [5, 5.41) is 54.3. The predicted molar refractivity (Wildman–Crippen MR) is 347 cm³/mol. The number of ether oxygens (including phenoxy) is 3. The van der Waals surface area contributed by atoms with Crippen molar-refractivity contribution in [1.29, 1.82) is 0 Å². The molecule has 0 aromatic rings. The van der Waals surface area contributed by atoms with E-state index >= 15 is 0 Å². The maximum Gasteiger partial charge on any atom is 0.305 e. The Kier molecular flexibility index (Phi) is 58.0. The van der Waals surface area contributed by atoms with Gasteiger partial charge in [-0.15, -0.1) is 0 Å². The number of esters is 1. The topological polar surface area (TPSA) is 175 Å². The van der Waals surface area contributed by atoms with Gasteiger partial charge in [-0.1, -0.05) is 281 Å². The first-order valence-corrected chi connectivity index (χ1v) is 35.4. The van der Waals surface area contributed by atoms with Crippen molar-refractivity contribution in [2.75, 3.05) is 19.8 Å². The number of amides is 1. The Morgan fingerprint density at radius 1 is 0.446 bits per heavy atom. The number of carbonyl (C=O) groups is 2. The van der Waals surface area contributed by atoms with Crippen LogP contribution in [0.2, 0.25) is 0 Å². The Hall–Kier alpha value is -2.38. The van der Waals surface area contributed by atoms with E-state index in [2.05, 4.69) is 55.6 Å². The molecule has 83 heavy (non-hydrogen) atoms. The van der Waals surface area contributed by atoms with Crippen LogP contribution in [0, 0.1) is 0 Å². The molecule has 486 valence electrons. The summed E-state index contributed by atoms with van der Waals surface area (Å²) in [6.45, 7) is 4.31. The number of carbonyl (C=O) groups excluding carboxylic acids is 2. The monoisotopic (exact) mass is 1170 g/mol. The van der Waals surface area contributed by atoms with Crippen LogP contribution in [-0.2, 0) is 23.8 Å². The molecule has 0 bridgehead atoms. The van der Waals surface area contributed by atoms with E-state index in [0.717, 1.165) is 64.2 Å². The van der Waals surface area contributed by atoms with Gasteiger partial charge in [0.15, 0.2) is 6.29 Å². The van der Waals surface area contributed by atoms with Gasteiger partial charge >= 0.3 is 5.97 Å². The SMILES string of the molecule is CCCCC/C=C\C/C=C\CCCCCCCCCCCC(=O)OCCCCCCCCCCCCCC/C=C\CCCCCCCCCCCCCC(=O)NC(COC1OC(CO)C(O)C(O)C1O)C(O)/C=C/CCCCCCCCC. The number of hydrogen-bond acceptors (Lipinski definition) is 10. The molecule has 1 amide bonds. The third kappa shape index (κ3) is 50.3. The number of aliphatic hydroxyl groups excluding tert-OH is 5. The highest BCUT2D eigenvalue weighted by Gasteiger charge is 2.44. The molecule has 7 unspecified atom stereocenters. The molecular formula is C72H133NO10. The van der Waals surface area contributed by atoms with Crippen molar-refractivity contribution in [3.63, 3.8) is 0 Å². The predicted octanol–water partition coefficient (Wildman–Crippen LogP) is 18.0. The van der Waals surface area contributed by atoms with Crippen LogP contribution >= 0.6 is 0 Å². The maximum absolute atomic E-state index is 13.0. The lowest BCUT2D eigenvalue weighted by Gasteiger charge is -2.40. The Balaban J connectivity index is 1.91. The van der Waals surface area contributed by atoms with E-state index in [4.69, 9.17) is 14.2 Å².